The summed E-state index contributed by atoms with van der Waals surface area (Å²) in [6.07, 6.45) is 0.866. The number of amides is 1. The number of benzene rings is 2. The number of carbonyl (C=O) groups excluding carboxylic acids is 1. The van der Waals surface area contributed by atoms with Crippen molar-refractivity contribution in [3.05, 3.63) is 65.2 Å². The molecule has 0 unspecified atom stereocenters. The van der Waals surface area contributed by atoms with Crippen LogP contribution in [0.4, 0.5) is 8.78 Å². The number of rotatable bonds is 4. The van der Waals surface area contributed by atoms with Gasteiger partial charge >= 0.3 is 0 Å². The van der Waals surface area contributed by atoms with Gasteiger partial charge in [-0.2, -0.15) is 20.5 Å². The third-order valence-corrected chi connectivity index (χ3v) is 6.60. The molecule has 1 amide bonds. The largest absolute Gasteiger partial charge is 0.338 e. The second-order valence-corrected chi connectivity index (χ2v) is 8.51. The van der Waals surface area contributed by atoms with Crippen molar-refractivity contribution in [3.63, 3.8) is 0 Å². The number of alkyl halides is 2. The zero-order valence-corrected chi connectivity index (χ0v) is 16.2. The summed E-state index contributed by atoms with van der Waals surface area (Å²) >= 11 is 2.30. The van der Waals surface area contributed by atoms with Crippen molar-refractivity contribution >= 4 is 29.4 Å². The van der Waals surface area contributed by atoms with E-state index in [2.05, 4.69) is 25.1 Å². The molecule has 3 rings (SSSR count). The quantitative estimate of drug-likeness (QED) is 0.628. The van der Waals surface area contributed by atoms with Gasteiger partial charge in [0.15, 0.2) is 0 Å². The van der Waals surface area contributed by atoms with Gasteiger partial charge in [-0.25, -0.2) is 0 Å². The Morgan fingerprint density at radius 3 is 2.65 bits per heavy atom. The maximum absolute atomic E-state index is 12.9. The van der Waals surface area contributed by atoms with Gasteiger partial charge < -0.3 is 4.90 Å². The van der Waals surface area contributed by atoms with E-state index in [0.29, 0.717) is 40.6 Å². The van der Waals surface area contributed by atoms with Gasteiger partial charge in [-0.05, 0) is 36.6 Å². The van der Waals surface area contributed by atoms with Crippen LogP contribution in [0.5, 0.6) is 0 Å². The Morgan fingerprint density at radius 2 is 1.88 bits per heavy atom. The van der Waals surface area contributed by atoms with E-state index in [9.17, 15) is 13.6 Å². The Kier molecular flexibility index (Phi) is 6.59. The van der Waals surface area contributed by atoms with Crippen LogP contribution in [0.2, 0.25) is 0 Å². The van der Waals surface area contributed by atoms with Gasteiger partial charge in [-0.15, -0.1) is 0 Å². The molecule has 0 N–H and O–H groups in total. The molecule has 6 heteroatoms. The molecule has 1 aliphatic heterocycles. The third-order valence-electron chi connectivity index (χ3n) is 4.50. The molecule has 0 radical (unpaired) electrons. The minimum atomic E-state index is -2.53. The topological polar surface area (TPSA) is 20.3 Å². The SMILES string of the molecule is Cc1ccccc1[C@H]1CCN(C(=O)c2ccccc2SC(F)F)CCS1. The Labute approximate surface area is 161 Å². The molecule has 1 aliphatic rings. The van der Waals surface area contributed by atoms with E-state index in [4.69, 9.17) is 0 Å². The molecule has 1 fully saturated rings. The van der Waals surface area contributed by atoms with Gasteiger partial charge in [0.1, 0.15) is 0 Å². The van der Waals surface area contributed by atoms with Crippen molar-refractivity contribution in [1.29, 1.82) is 0 Å². The van der Waals surface area contributed by atoms with Crippen molar-refractivity contribution in [1.82, 2.24) is 4.90 Å². The number of thioether (sulfide) groups is 2. The first kappa shape index (κ1) is 19.2. The molecule has 0 aliphatic carbocycles. The lowest BCUT2D eigenvalue weighted by Crippen LogP contribution is -2.33. The summed E-state index contributed by atoms with van der Waals surface area (Å²) < 4.78 is 25.6. The molecule has 0 saturated carbocycles. The molecule has 1 atom stereocenters. The second-order valence-electron chi connectivity index (χ2n) is 6.17. The van der Waals surface area contributed by atoms with Crippen LogP contribution in [0.3, 0.4) is 0 Å². The second kappa shape index (κ2) is 8.91. The maximum Gasteiger partial charge on any atom is 0.288 e. The minimum Gasteiger partial charge on any atom is -0.338 e. The van der Waals surface area contributed by atoms with Gasteiger partial charge in [0, 0.05) is 29.0 Å². The zero-order valence-electron chi connectivity index (χ0n) is 14.5. The van der Waals surface area contributed by atoms with Crippen LogP contribution in [0, 0.1) is 6.92 Å². The lowest BCUT2D eigenvalue weighted by Gasteiger charge is -2.22. The number of carbonyl (C=O) groups is 1. The molecule has 26 heavy (non-hydrogen) atoms. The van der Waals surface area contributed by atoms with E-state index in [1.54, 1.807) is 29.2 Å². The highest BCUT2D eigenvalue weighted by Crippen LogP contribution is 2.36. The monoisotopic (exact) mass is 393 g/mol. The average Bonchev–Trinajstić information content (AvgIpc) is 2.88. The maximum atomic E-state index is 12.9. The van der Waals surface area contributed by atoms with Crippen LogP contribution in [0.25, 0.3) is 0 Å². The zero-order chi connectivity index (χ0) is 18.5. The molecule has 1 saturated heterocycles. The molecular weight excluding hydrogens is 372 g/mol. The summed E-state index contributed by atoms with van der Waals surface area (Å²) in [4.78, 5) is 15.1. The fourth-order valence-corrected chi connectivity index (χ4v) is 5.14. The van der Waals surface area contributed by atoms with Gasteiger partial charge in [0.25, 0.3) is 11.7 Å². The van der Waals surface area contributed by atoms with Crippen molar-refractivity contribution in [2.24, 2.45) is 0 Å². The molecule has 2 aromatic carbocycles. The fourth-order valence-electron chi connectivity index (χ4n) is 3.18. The van der Waals surface area contributed by atoms with Crippen LogP contribution in [-0.2, 0) is 0 Å². The lowest BCUT2D eigenvalue weighted by atomic mass is 10.0. The highest BCUT2D eigenvalue weighted by Gasteiger charge is 2.25. The van der Waals surface area contributed by atoms with Crippen LogP contribution in [-0.4, -0.2) is 35.4 Å². The Bertz CT molecular complexity index is 769. The van der Waals surface area contributed by atoms with Crippen molar-refractivity contribution in [2.45, 2.75) is 29.2 Å². The van der Waals surface area contributed by atoms with E-state index >= 15 is 0 Å². The van der Waals surface area contributed by atoms with E-state index in [-0.39, 0.29) is 5.91 Å². The molecule has 0 spiro atoms. The predicted molar refractivity (Wildman–Crippen MR) is 105 cm³/mol. The van der Waals surface area contributed by atoms with E-state index < -0.39 is 5.76 Å². The summed E-state index contributed by atoms with van der Waals surface area (Å²) in [5.41, 5.74) is 2.96. The van der Waals surface area contributed by atoms with Crippen molar-refractivity contribution < 1.29 is 13.6 Å². The number of nitrogens with zero attached hydrogens (tertiary/aromatic N) is 1. The standard InChI is InChI=1S/C20H21F2NOS2/c1-14-6-2-3-7-15(14)17-10-11-23(12-13-25-17)19(24)16-8-4-5-9-18(16)26-20(21)22/h2-9,17,20H,10-13H2,1H3/t17-/m1/s1. The van der Waals surface area contributed by atoms with Gasteiger partial charge in [-0.1, -0.05) is 48.2 Å². The number of halogens is 2. The first-order chi connectivity index (χ1) is 12.6. The number of hydrogen-bond acceptors (Lipinski definition) is 3. The Hall–Kier alpha value is -1.53. The summed E-state index contributed by atoms with van der Waals surface area (Å²) in [5, 5.41) is 0.361. The Morgan fingerprint density at radius 1 is 1.15 bits per heavy atom. The summed E-state index contributed by atoms with van der Waals surface area (Å²) in [5.74, 6) is -1.84. The summed E-state index contributed by atoms with van der Waals surface area (Å²) in [6.45, 7) is 3.39. The molecule has 138 valence electrons. The summed E-state index contributed by atoms with van der Waals surface area (Å²) in [7, 11) is 0. The van der Waals surface area contributed by atoms with Crippen LogP contribution in [0.15, 0.2) is 53.4 Å². The van der Waals surface area contributed by atoms with Gasteiger partial charge in [0.05, 0.1) is 5.56 Å². The van der Waals surface area contributed by atoms with E-state index in [1.165, 1.54) is 11.1 Å². The van der Waals surface area contributed by atoms with Gasteiger partial charge in [-0.3, -0.25) is 4.79 Å². The lowest BCUT2D eigenvalue weighted by molar-refractivity contribution is 0.0763. The molecule has 2 aromatic rings. The van der Waals surface area contributed by atoms with Crippen molar-refractivity contribution in [3.8, 4) is 0 Å². The first-order valence-corrected chi connectivity index (χ1v) is 10.5. The van der Waals surface area contributed by atoms with Crippen molar-refractivity contribution in [2.75, 3.05) is 18.8 Å². The smallest absolute Gasteiger partial charge is 0.288 e. The van der Waals surface area contributed by atoms with Crippen LogP contribution < -0.4 is 0 Å². The first-order valence-electron chi connectivity index (χ1n) is 8.56. The highest BCUT2D eigenvalue weighted by molar-refractivity contribution is 7.99. The molecule has 2 nitrogen and oxygen atoms in total. The molecule has 0 aromatic heterocycles. The van der Waals surface area contributed by atoms with E-state index in [0.717, 1.165) is 12.2 Å². The average molecular weight is 394 g/mol. The molecule has 0 bridgehead atoms. The normalized spacial score (nSPS) is 18.0. The molecule has 1 heterocycles. The third kappa shape index (κ3) is 4.60. The fraction of sp³-hybridized carbons (Fsp3) is 0.350. The molecular formula is C20H21F2NOS2. The summed E-state index contributed by atoms with van der Waals surface area (Å²) in [6, 6.07) is 15.0. The van der Waals surface area contributed by atoms with Gasteiger partial charge in [0.2, 0.25) is 0 Å². The minimum absolute atomic E-state index is 0.153. The van der Waals surface area contributed by atoms with Crippen LogP contribution in [0.1, 0.15) is 33.2 Å². The highest BCUT2D eigenvalue weighted by atomic mass is 32.2. The predicted octanol–water partition coefficient (Wildman–Crippen LogP) is 5.63. The van der Waals surface area contributed by atoms with E-state index in [1.807, 2.05) is 17.8 Å². The number of aryl methyl sites for hydroxylation is 1. The Balaban J connectivity index is 1.73. The van der Waals surface area contributed by atoms with Crippen LogP contribution >= 0.6 is 23.5 Å². The number of hydrogen-bond donors (Lipinski definition) is 0.